The second-order valence-corrected chi connectivity index (χ2v) is 8.16. The number of halogens is 1. The molecule has 0 saturated carbocycles. The van der Waals surface area contributed by atoms with Gasteiger partial charge in [-0.15, -0.1) is 0 Å². The van der Waals surface area contributed by atoms with Crippen molar-refractivity contribution in [1.29, 1.82) is 0 Å². The minimum Gasteiger partial charge on any atom is -0.507 e. The summed E-state index contributed by atoms with van der Waals surface area (Å²) in [5.41, 5.74) is 3.80. The summed E-state index contributed by atoms with van der Waals surface area (Å²) < 4.78 is 0.848. The normalized spacial score (nSPS) is 18.1. The van der Waals surface area contributed by atoms with Crippen molar-refractivity contribution in [2.24, 2.45) is 0 Å². The highest BCUT2D eigenvalue weighted by molar-refractivity contribution is 9.10. The van der Waals surface area contributed by atoms with E-state index in [2.05, 4.69) is 20.9 Å². The maximum Gasteiger partial charge on any atom is 0.300 e. The molecule has 1 atom stereocenters. The number of aliphatic hydroxyl groups is 1. The number of aryl methyl sites for hydroxylation is 2. The number of ketones is 1. The molecule has 1 N–H and O–H groups in total. The van der Waals surface area contributed by atoms with Gasteiger partial charge in [0.2, 0.25) is 0 Å². The van der Waals surface area contributed by atoms with E-state index in [1.165, 1.54) is 4.90 Å². The Balaban J connectivity index is 1.96. The van der Waals surface area contributed by atoms with E-state index in [-0.39, 0.29) is 11.3 Å². The molecule has 1 fully saturated rings. The minimum absolute atomic E-state index is 0.0634. The lowest BCUT2D eigenvalue weighted by atomic mass is 9.95. The molecule has 0 radical (unpaired) electrons. The molecular weight excluding hydrogens is 444 g/mol. The Morgan fingerprint density at radius 1 is 1.00 bits per heavy atom. The highest BCUT2D eigenvalue weighted by Crippen LogP contribution is 2.43. The zero-order valence-corrected chi connectivity index (χ0v) is 18.1. The van der Waals surface area contributed by atoms with Gasteiger partial charge in [-0.05, 0) is 55.3 Å². The fraction of sp³-hybridized carbons (Fsp3) is 0.125. The van der Waals surface area contributed by atoms with Crippen LogP contribution in [0.5, 0.6) is 0 Å². The van der Waals surface area contributed by atoms with E-state index in [0.717, 1.165) is 15.6 Å². The first kappa shape index (κ1) is 20.0. The lowest BCUT2D eigenvalue weighted by Gasteiger charge is -2.27. The first-order valence-electron chi connectivity index (χ1n) is 9.42. The average molecular weight is 463 g/mol. The average Bonchev–Trinajstić information content (AvgIpc) is 3.00. The van der Waals surface area contributed by atoms with Crippen molar-refractivity contribution in [2.75, 3.05) is 4.90 Å². The molecule has 3 aromatic rings. The molecule has 150 valence electrons. The van der Waals surface area contributed by atoms with Crippen LogP contribution in [0.1, 0.15) is 28.3 Å². The predicted molar refractivity (Wildman–Crippen MR) is 119 cm³/mol. The van der Waals surface area contributed by atoms with Crippen molar-refractivity contribution < 1.29 is 14.7 Å². The monoisotopic (exact) mass is 462 g/mol. The Bertz CT molecular complexity index is 1170. The number of rotatable bonds is 3. The van der Waals surface area contributed by atoms with Crippen LogP contribution in [0.3, 0.4) is 0 Å². The topological polar surface area (TPSA) is 70.5 Å². The van der Waals surface area contributed by atoms with Crippen LogP contribution in [0.25, 0.3) is 5.76 Å². The zero-order chi connectivity index (χ0) is 21.4. The molecule has 4 rings (SSSR count). The molecule has 0 spiro atoms. The van der Waals surface area contributed by atoms with Gasteiger partial charge in [-0.1, -0.05) is 45.8 Å². The zero-order valence-electron chi connectivity index (χ0n) is 16.5. The van der Waals surface area contributed by atoms with E-state index in [4.69, 9.17) is 0 Å². The second-order valence-electron chi connectivity index (χ2n) is 7.25. The predicted octanol–water partition coefficient (Wildman–Crippen LogP) is 5.09. The number of aliphatic hydroxyl groups excluding tert-OH is 1. The van der Waals surface area contributed by atoms with Gasteiger partial charge in [0.1, 0.15) is 5.76 Å². The number of pyridine rings is 1. The minimum atomic E-state index is -0.752. The maximum atomic E-state index is 13.1. The van der Waals surface area contributed by atoms with Crippen molar-refractivity contribution in [3.8, 4) is 0 Å². The molecule has 1 unspecified atom stereocenters. The third kappa shape index (κ3) is 3.44. The van der Waals surface area contributed by atoms with E-state index in [0.29, 0.717) is 16.8 Å². The molecule has 1 aliphatic heterocycles. The highest BCUT2D eigenvalue weighted by atomic mass is 79.9. The SMILES string of the molecule is Cc1ccc(N2C(=O)C(=O)/C(=C(/O)c3ccc(Br)cc3)C2c2ccncc2)c(C)c1. The van der Waals surface area contributed by atoms with E-state index < -0.39 is 17.7 Å². The molecule has 5 nitrogen and oxygen atoms in total. The van der Waals surface area contributed by atoms with Crippen LogP contribution in [-0.2, 0) is 9.59 Å². The number of nitrogens with zero attached hydrogens (tertiary/aromatic N) is 2. The highest BCUT2D eigenvalue weighted by Gasteiger charge is 2.47. The molecule has 0 aliphatic carbocycles. The van der Waals surface area contributed by atoms with Crippen molar-refractivity contribution in [1.82, 2.24) is 4.98 Å². The summed E-state index contributed by atoms with van der Waals surface area (Å²) in [7, 11) is 0. The quantitative estimate of drug-likeness (QED) is 0.334. The van der Waals surface area contributed by atoms with E-state index >= 15 is 0 Å². The lowest BCUT2D eigenvalue weighted by molar-refractivity contribution is -0.132. The maximum absolute atomic E-state index is 13.1. The van der Waals surface area contributed by atoms with Crippen molar-refractivity contribution in [3.05, 3.63) is 99.3 Å². The molecule has 2 aromatic carbocycles. The fourth-order valence-electron chi connectivity index (χ4n) is 3.78. The summed E-state index contributed by atoms with van der Waals surface area (Å²) in [5.74, 6) is -1.57. The lowest BCUT2D eigenvalue weighted by Crippen LogP contribution is -2.30. The van der Waals surface area contributed by atoms with E-state index in [1.54, 1.807) is 48.8 Å². The largest absolute Gasteiger partial charge is 0.507 e. The second kappa shape index (κ2) is 7.88. The number of anilines is 1. The van der Waals surface area contributed by atoms with E-state index in [1.807, 2.05) is 32.0 Å². The third-order valence-corrected chi connectivity index (χ3v) is 5.72. The number of carbonyl (C=O) groups is 2. The summed E-state index contributed by atoms with van der Waals surface area (Å²) in [6, 6.07) is 15.4. The summed E-state index contributed by atoms with van der Waals surface area (Å²) in [5, 5.41) is 11.1. The molecule has 1 aromatic heterocycles. The molecule has 1 aliphatic rings. The van der Waals surface area contributed by atoms with Gasteiger partial charge in [0.25, 0.3) is 11.7 Å². The Morgan fingerprint density at radius 2 is 1.67 bits per heavy atom. The Labute approximate surface area is 182 Å². The van der Waals surface area contributed by atoms with Crippen LogP contribution in [0, 0.1) is 13.8 Å². The molecule has 30 heavy (non-hydrogen) atoms. The van der Waals surface area contributed by atoms with Gasteiger partial charge in [-0.3, -0.25) is 19.5 Å². The number of hydrogen-bond acceptors (Lipinski definition) is 4. The molecule has 0 bridgehead atoms. The van der Waals surface area contributed by atoms with Crippen LogP contribution in [-0.4, -0.2) is 21.8 Å². The number of carbonyl (C=O) groups excluding carboxylic acids is 2. The van der Waals surface area contributed by atoms with Gasteiger partial charge in [0.15, 0.2) is 0 Å². The number of aromatic nitrogens is 1. The summed E-state index contributed by atoms with van der Waals surface area (Å²) >= 11 is 3.37. The Hall–Kier alpha value is -3.25. The van der Waals surface area contributed by atoms with Gasteiger partial charge in [-0.25, -0.2) is 0 Å². The van der Waals surface area contributed by atoms with Gasteiger partial charge in [0, 0.05) is 28.1 Å². The van der Waals surface area contributed by atoms with E-state index in [9.17, 15) is 14.7 Å². The third-order valence-electron chi connectivity index (χ3n) is 5.20. The molecule has 1 amide bonds. The summed E-state index contributed by atoms with van der Waals surface area (Å²) in [4.78, 5) is 31.8. The van der Waals surface area contributed by atoms with Crippen molar-refractivity contribution in [3.63, 3.8) is 0 Å². The Kier molecular flexibility index (Phi) is 5.26. The smallest absolute Gasteiger partial charge is 0.300 e. The number of amides is 1. The van der Waals surface area contributed by atoms with Gasteiger partial charge >= 0.3 is 0 Å². The van der Waals surface area contributed by atoms with Crippen molar-refractivity contribution in [2.45, 2.75) is 19.9 Å². The number of hydrogen-bond donors (Lipinski definition) is 1. The Morgan fingerprint density at radius 3 is 2.30 bits per heavy atom. The number of Topliss-reactive ketones (excluding diaryl/α,β-unsaturated/α-hetero) is 1. The standard InChI is InChI=1S/C24H19BrN2O3/c1-14-3-8-19(15(2)13-14)27-21(16-9-11-26-12-10-16)20(23(29)24(27)30)22(28)17-4-6-18(25)7-5-17/h3-13,21,28H,1-2H3/b22-20+. The van der Waals surface area contributed by atoms with Crippen LogP contribution in [0.2, 0.25) is 0 Å². The summed E-state index contributed by atoms with van der Waals surface area (Å²) in [6.45, 7) is 3.87. The van der Waals surface area contributed by atoms with Gasteiger partial charge in [0.05, 0.1) is 11.6 Å². The molecule has 6 heteroatoms. The van der Waals surface area contributed by atoms with Crippen LogP contribution >= 0.6 is 15.9 Å². The first-order valence-corrected chi connectivity index (χ1v) is 10.2. The van der Waals surface area contributed by atoms with Gasteiger partial charge in [-0.2, -0.15) is 0 Å². The summed E-state index contributed by atoms with van der Waals surface area (Å²) in [6.07, 6.45) is 3.22. The van der Waals surface area contributed by atoms with Crippen LogP contribution in [0.4, 0.5) is 5.69 Å². The van der Waals surface area contributed by atoms with Gasteiger partial charge < -0.3 is 5.11 Å². The molecule has 2 heterocycles. The molecule has 1 saturated heterocycles. The van der Waals surface area contributed by atoms with Crippen LogP contribution < -0.4 is 4.90 Å². The fourth-order valence-corrected chi connectivity index (χ4v) is 4.05. The van der Waals surface area contributed by atoms with Crippen LogP contribution in [0.15, 0.2) is 77.0 Å². The first-order chi connectivity index (χ1) is 14.4. The number of benzene rings is 2. The molecular formula is C24H19BrN2O3. The van der Waals surface area contributed by atoms with Crippen molar-refractivity contribution >= 4 is 39.1 Å².